The Morgan fingerprint density at radius 3 is 0.619 bits per heavy atom. The van der Waals surface area contributed by atoms with Gasteiger partial charge in [-0.05, 0) is 24.3 Å². The predicted molar refractivity (Wildman–Crippen MR) is 55.6 cm³/mol. The summed E-state index contributed by atoms with van der Waals surface area (Å²) in [7, 11) is 0. The molecule has 0 heterocycles. The van der Waals surface area contributed by atoms with Gasteiger partial charge in [-0.15, -0.1) is 0 Å². The number of halogens is 2. The molecule has 0 aliphatic rings. The molecule has 0 N–H and O–H groups in total. The van der Waals surface area contributed by atoms with Gasteiger partial charge in [0.15, 0.2) is 0 Å². The molecule has 0 radical (unpaired) electrons. The summed E-state index contributed by atoms with van der Waals surface area (Å²) in [5.41, 5.74) is 0. The molecule has 0 aromatic carbocycles. The van der Waals surface area contributed by atoms with E-state index >= 15 is 0 Å². The number of aliphatic carboxylic acids is 4. The summed E-state index contributed by atoms with van der Waals surface area (Å²) in [6.45, 7) is 0. The van der Waals surface area contributed by atoms with E-state index in [2.05, 4.69) is 0 Å². The molecule has 0 saturated heterocycles. The van der Waals surface area contributed by atoms with Gasteiger partial charge in [-0.2, -0.15) is 0 Å². The third kappa shape index (κ3) is 64.2. The van der Waals surface area contributed by atoms with Crippen molar-refractivity contribution in [1.29, 1.82) is 0 Å². The van der Waals surface area contributed by atoms with Crippen LogP contribution in [0, 0.1) is 0 Å². The summed E-state index contributed by atoms with van der Waals surface area (Å²) in [5.74, 6) is -6.19. The van der Waals surface area contributed by atoms with E-state index in [1.807, 2.05) is 0 Å². The number of rotatable bonds is 4. The molecule has 0 unspecified atom stereocenters. The zero-order valence-electron chi connectivity index (χ0n) is 10.5. The number of carbonyl (C=O) groups is 4. The van der Waals surface area contributed by atoms with Crippen LogP contribution >= 0.6 is 0 Å². The molecule has 0 amide bonds. The first-order chi connectivity index (χ1) is 7.25. The molecular weight excluding hydrogens is 368 g/mol. The molecule has 0 bridgehead atoms. The first kappa shape index (κ1) is 42.9. The van der Waals surface area contributed by atoms with Gasteiger partial charge < -0.3 is 64.4 Å². The molecular formula is C8H4Cl2Mg3O8. The Hall–Kier alpha value is 0.239. The molecule has 0 aliphatic heterocycles. The van der Waals surface area contributed by atoms with Crippen molar-refractivity contribution in [3.63, 3.8) is 0 Å². The van der Waals surface area contributed by atoms with E-state index in [0.29, 0.717) is 24.3 Å². The number of carboxylic acids is 4. The zero-order valence-corrected chi connectivity index (χ0v) is 16.2. The van der Waals surface area contributed by atoms with Crippen LogP contribution in [0.4, 0.5) is 0 Å². The molecule has 0 saturated carbocycles. The molecule has 21 heavy (non-hydrogen) atoms. The molecule has 8 nitrogen and oxygen atoms in total. The predicted octanol–water partition coefficient (Wildman–Crippen LogP) is -13.0. The summed E-state index contributed by atoms with van der Waals surface area (Å²) in [4.78, 5) is 37.7. The van der Waals surface area contributed by atoms with Crippen molar-refractivity contribution in [2.24, 2.45) is 0 Å². The number of carboxylic acid groups (broad SMARTS) is 4. The van der Waals surface area contributed by atoms with Gasteiger partial charge in [0.05, 0.1) is 23.9 Å². The summed E-state index contributed by atoms with van der Waals surface area (Å²) in [5, 5.41) is 37.7. The summed E-state index contributed by atoms with van der Waals surface area (Å²) >= 11 is 0. The van der Waals surface area contributed by atoms with E-state index in [4.69, 9.17) is 0 Å². The van der Waals surface area contributed by atoms with Crippen LogP contribution in [0.5, 0.6) is 0 Å². The normalized spacial score (nSPS) is 7.24. The quantitative estimate of drug-likeness (QED) is 0.347. The van der Waals surface area contributed by atoms with Crippen LogP contribution in [0.25, 0.3) is 0 Å². The van der Waals surface area contributed by atoms with Crippen LogP contribution in [-0.4, -0.2) is 93.0 Å². The summed E-state index contributed by atoms with van der Waals surface area (Å²) < 4.78 is 0. The largest absolute Gasteiger partial charge is 2.00 e. The third-order valence-electron chi connectivity index (χ3n) is 0.711. The Bertz CT molecular complexity index is 293. The third-order valence-corrected chi connectivity index (χ3v) is 0.711. The standard InChI is InChI=1S/2C4H4O4.2ClH.3Mg/c2*5-3(6)1-2-4(7)8;;;;;/h2*1-2H,(H,5,6)(H,7,8);2*1H;;;/q;;;;3*+2/p-6/b2*2-1-;;;;;. The monoisotopic (exact) mass is 370 g/mol. The summed E-state index contributed by atoms with van der Waals surface area (Å²) in [6, 6.07) is 0. The first-order valence-corrected chi connectivity index (χ1v) is 3.45. The van der Waals surface area contributed by atoms with Crippen LogP contribution < -0.4 is 45.2 Å². The Kier molecular flexibility index (Phi) is 58.0. The van der Waals surface area contributed by atoms with Crippen molar-refractivity contribution in [3.05, 3.63) is 24.3 Å². The van der Waals surface area contributed by atoms with Gasteiger partial charge in [0, 0.05) is 0 Å². The molecule has 0 rings (SSSR count). The van der Waals surface area contributed by atoms with E-state index < -0.39 is 23.9 Å². The molecule has 13 heteroatoms. The van der Waals surface area contributed by atoms with Gasteiger partial charge in [-0.25, -0.2) is 0 Å². The van der Waals surface area contributed by atoms with Crippen molar-refractivity contribution < 1.29 is 64.4 Å². The van der Waals surface area contributed by atoms with Crippen molar-refractivity contribution in [3.8, 4) is 0 Å². The minimum Gasteiger partial charge on any atom is -1.00 e. The van der Waals surface area contributed by atoms with Crippen LogP contribution in [0.3, 0.4) is 0 Å². The van der Waals surface area contributed by atoms with Gasteiger partial charge in [0.2, 0.25) is 0 Å². The van der Waals surface area contributed by atoms with Gasteiger partial charge in [0.1, 0.15) is 0 Å². The maximum atomic E-state index is 9.41. The van der Waals surface area contributed by atoms with Crippen LogP contribution in [0.2, 0.25) is 0 Å². The van der Waals surface area contributed by atoms with E-state index in [1.165, 1.54) is 0 Å². The molecule has 0 fully saturated rings. The Morgan fingerprint density at radius 1 is 0.476 bits per heavy atom. The van der Waals surface area contributed by atoms with Crippen LogP contribution in [0.1, 0.15) is 0 Å². The zero-order chi connectivity index (χ0) is 13.1. The molecule has 0 spiro atoms. The van der Waals surface area contributed by atoms with Crippen molar-refractivity contribution in [2.45, 2.75) is 0 Å². The Balaban J connectivity index is -0.0000000302. The van der Waals surface area contributed by atoms with E-state index in [0.717, 1.165) is 0 Å². The SMILES string of the molecule is O=C([O-])/C=C\C(=O)[O-].O=C([O-])/C=C\C(=O)[O-].[Cl-].[Cl-].[Mg+2].[Mg+2].[Mg+2]. The van der Waals surface area contributed by atoms with Crippen LogP contribution in [0.15, 0.2) is 24.3 Å². The molecule has 0 atom stereocenters. The average molecular weight is 372 g/mol. The fourth-order valence-corrected chi connectivity index (χ4v) is 0.272. The van der Waals surface area contributed by atoms with Crippen molar-refractivity contribution in [1.82, 2.24) is 0 Å². The molecule has 0 aromatic rings. The van der Waals surface area contributed by atoms with Crippen LogP contribution in [-0.2, 0) is 19.2 Å². The van der Waals surface area contributed by atoms with Gasteiger partial charge in [-0.3, -0.25) is 0 Å². The Morgan fingerprint density at radius 2 is 0.571 bits per heavy atom. The first-order valence-electron chi connectivity index (χ1n) is 3.45. The molecule has 104 valence electrons. The summed E-state index contributed by atoms with van der Waals surface area (Å²) in [6.07, 6.45) is 1.54. The van der Waals surface area contributed by atoms with Gasteiger partial charge >= 0.3 is 69.2 Å². The topological polar surface area (TPSA) is 161 Å². The second-order valence-corrected chi connectivity index (χ2v) is 1.94. The fourth-order valence-electron chi connectivity index (χ4n) is 0.272. The Labute approximate surface area is 180 Å². The average Bonchev–Trinajstić information content (AvgIpc) is 2.12. The second-order valence-electron chi connectivity index (χ2n) is 1.94. The van der Waals surface area contributed by atoms with E-state index in [1.54, 1.807) is 0 Å². The van der Waals surface area contributed by atoms with Crippen molar-refractivity contribution >= 4 is 93.0 Å². The maximum absolute atomic E-state index is 9.41. The van der Waals surface area contributed by atoms with Gasteiger partial charge in [-0.1, -0.05) is 0 Å². The van der Waals surface area contributed by atoms with Crippen molar-refractivity contribution in [2.75, 3.05) is 0 Å². The minimum atomic E-state index is -1.55. The van der Waals surface area contributed by atoms with E-state index in [9.17, 15) is 39.6 Å². The molecule has 0 aromatic heterocycles. The number of carbonyl (C=O) groups excluding carboxylic acids is 4. The number of hydrogen-bond acceptors (Lipinski definition) is 8. The maximum Gasteiger partial charge on any atom is 2.00 e. The second kappa shape index (κ2) is 28.4. The smallest absolute Gasteiger partial charge is 1.00 e. The van der Waals surface area contributed by atoms with E-state index in [-0.39, 0.29) is 94.0 Å². The number of hydrogen-bond donors (Lipinski definition) is 0. The fraction of sp³-hybridized carbons (Fsp3) is 0. The minimum absolute atomic E-state index is 0. The molecule has 0 aliphatic carbocycles. The van der Waals surface area contributed by atoms with Gasteiger partial charge in [0.25, 0.3) is 0 Å².